The summed E-state index contributed by atoms with van der Waals surface area (Å²) in [5.41, 5.74) is 13.9. The average molecular weight is 284 g/mol. The monoisotopic (exact) mass is 284 g/mol. The first-order chi connectivity index (χ1) is 10.1. The van der Waals surface area contributed by atoms with Gasteiger partial charge in [-0.3, -0.25) is 0 Å². The third-order valence-electron chi connectivity index (χ3n) is 3.15. The normalized spacial score (nSPS) is 10.3. The molecule has 0 fully saturated rings. The Bertz CT molecular complexity index is 577. The third-order valence-corrected chi connectivity index (χ3v) is 3.15. The van der Waals surface area contributed by atoms with Gasteiger partial charge in [-0.15, -0.1) is 0 Å². The molecule has 4 nitrogen and oxygen atoms in total. The van der Waals surface area contributed by atoms with Crippen LogP contribution in [0.4, 0.5) is 11.4 Å². The van der Waals surface area contributed by atoms with Crippen LogP contribution in [0.1, 0.15) is 28.8 Å². The second-order valence-electron chi connectivity index (χ2n) is 4.97. The summed E-state index contributed by atoms with van der Waals surface area (Å²) in [4.78, 5) is 11.8. The van der Waals surface area contributed by atoms with E-state index in [1.807, 2.05) is 18.2 Å². The molecule has 0 heterocycles. The fraction of sp³-hybridized carbons (Fsp3) is 0.235. The molecule has 0 aliphatic rings. The van der Waals surface area contributed by atoms with Crippen LogP contribution in [0.25, 0.3) is 0 Å². The second kappa shape index (κ2) is 7.33. The quantitative estimate of drug-likeness (QED) is 0.485. The largest absolute Gasteiger partial charge is 0.462 e. The molecule has 4 heteroatoms. The number of carbonyl (C=O) groups is 1. The van der Waals surface area contributed by atoms with Crippen molar-refractivity contribution in [1.29, 1.82) is 0 Å². The van der Waals surface area contributed by atoms with E-state index in [2.05, 4.69) is 12.1 Å². The zero-order valence-corrected chi connectivity index (χ0v) is 11.9. The van der Waals surface area contributed by atoms with Crippen molar-refractivity contribution in [2.75, 3.05) is 18.1 Å². The summed E-state index contributed by atoms with van der Waals surface area (Å²) < 4.78 is 5.23. The average Bonchev–Trinajstić information content (AvgIpc) is 2.47. The zero-order valence-electron chi connectivity index (χ0n) is 11.9. The number of hydrogen-bond donors (Lipinski definition) is 2. The Hall–Kier alpha value is -2.49. The lowest BCUT2D eigenvalue weighted by Crippen LogP contribution is -2.08. The van der Waals surface area contributed by atoms with Gasteiger partial charge in [-0.05, 0) is 43.0 Å². The smallest absolute Gasteiger partial charge is 0.338 e. The number of anilines is 2. The van der Waals surface area contributed by atoms with Gasteiger partial charge in [0, 0.05) is 11.4 Å². The van der Waals surface area contributed by atoms with Gasteiger partial charge in [0.2, 0.25) is 0 Å². The minimum atomic E-state index is -0.381. The molecule has 0 atom stereocenters. The number of hydrogen-bond acceptors (Lipinski definition) is 4. The van der Waals surface area contributed by atoms with Crippen LogP contribution in [0, 0.1) is 0 Å². The van der Waals surface area contributed by atoms with E-state index in [4.69, 9.17) is 16.2 Å². The number of nitrogens with two attached hydrogens (primary N) is 2. The molecule has 2 aromatic rings. The van der Waals surface area contributed by atoms with E-state index in [1.54, 1.807) is 18.2 Å². The van der Waals surface area contributed by atoms with E-state index in [0.717, 1.165) is 19.3 Å². The summed E-state index contributed by atoms with van der Waals surface area (Å²) in [7, 11) is 0. The van der Waals surface area contributed by atoms with Gasteiger partial charge in [0.05, 0.1) is 12.2 Å². The van der Waals surface area contributed by atoms with Gasteiger partial charge in [-0.25, -0.2) is 4.79 Å². The molecule has 0 amide bonds. The van der Waals surface area contributed by atoms with Crippen molar-refractivity contribution in [2.45, 2.75) is 19.3 Å². The van der Waals surface area contributed by atoms with Crippen LogP contribution in [0.5, 0.6) is 0 Å². The lowest BCUT2D eigenvalue weighted by Gasteiger charge is -2.06. The lowest BCUT2D eigenvalue weighted by molar-refractivity contribution is 0.0498. The topological polar surface area (TPSA) is 78.3 Å². The standard InChI is InChI=1S/C17H20N2O2/c18-15-10-14(11-16(19)12-15)17(20)21-9-5-4-8-13-6-2-1-3-7-13/h1-3,6-7,10-12H,4-5,8-9,18-19H2. The maximum absolute atomic E-state index is 11.8. The molecule has 0 aromatic heterocycles. The number of aryl methyl sites for hydroxylation is 1. The van der Waals surface area contributed by atoms with E-state index in [-0.39, 0.29) is 5.97 Å². The first-order valence-electron chi connectivity index (χ1n) is 7.02. The van der Waals surface area contributed by atoms with Crippen LogP contribution in [0.15, 0.2) is 48.5 Å². The molecule has 2 rings (SSSR count). The predicted octanol–water partition coefficient (Wildman–Crippen LogP) is 3.03. The first kappa shape index (κ1) is 14.9. The number of unbranched alkanes of at least 4 members (excludes halogenated alkanes) is 1. The van der Waals surface area contributed by atoms with Crippen LogP contribution in [0.3, 0.4) is 0 Å². The van der Waals surface area contributed by atoms with Crippen molar-refractivity contribution in [3.63, 3.8) is 0 Å². The minimum Gasteiger partial charge on any atom is -0.462 e. The highest BCUT2D eigenvalue weighted by molar-refractivity contribution is 5.91. The number of ether oxygens (including phenoxy) is 1. The lowest BCUT2D eigenvalue weighted by atomic mass is 10.1. The Morgan fingerprint density at radius 1 is 0.952 bits per heavy atom. The highest BCUT2D eigenvalue weighted by atomic mass is 16.5. The van der Waals surface area contributed by atoms with E-state index in [1.165, 1.54) is 5.56 Å². The third kappa shape index (κ3) is 4.84. The fourth-order valence-electron chi connectivity index (χ4n) is 2.12. The van der Waals surface area contributed by atoms with Crippen LogP contribution in [-0.4, -0.2) is 12.6 Å². The molecule has 21 heavy (non-hydrogen) atoms. The van der Waals surface area contributed by atoms with E-state index >= 15 is 0 Å². The Balaban J connectivity index is 1.72. The van der Waals surface area contributed by atoms with Crippen LogP contribution in [-0.2, 0) is 11.2 Å². The van der Waals surface area contributed by atoms with E-state index in [0.29, 0.717) is 23.5 Å². The molecule has 0 spiro atoms. The Morgan fingerprint density at radius 3 is 2.29 bits per heavy atom. The molecule has 0 unspecified atom stereocenters. The molecule has 4 N–H and O–H groups in total. The van der Waals surface area contributed by atoms with Crippen molar-refractivity contribution in [2.24, 2.45) is 0 Å². The molecule has 0 bridgehead atoms. The summed E-state index contributed by atoms with van der Waals surface area (Å²) >= 11 is 0. The Morgan fingerprint density at radius 2 is 1.62 bits per heavy atom. The van der Waals surface area contributed by atoms with Gasteiger partial charge in [-0.1, -0.05) is 30.3 Å². The maximum atomic E-state index is 11.8. The molecule has 0 saturated carbocycles. The van der Waals surface area contributed by atoms with Crippen molar-refractivity contribution in [3.8, 4) is 0 Å². The minimum absolute atomic E-state index is 0.381. The number of esters is 1. The van der Waals surface area contributed by atoms with Gasteiger partial charge in [0.25, 0.3) is 0 Å². The Labute approximate surface area is 124 Å². The van der Waals surface area contributed by atoms with Crippen LogP contribution >= 0.6 is 0 Å². The summed E-state index contributed by atoms with van der Waals surface area (Å²) in [6.07, 6.45) is 2.80. The molecule has 2 aromatic carbocycles. The number of nitrogen functional groups attached to an aromatic ring is 2. The van der Waals surface area contributed by atoms with Crippen molar-refractivity contribution < 1.29 is 9.53 Å². The number of rotatable bonds is 6. The summed E-state index contributed by atoms with van der Waals surface area (Å²) in [5, 5.41) is 0. The van der Waals surface area contributed by atoms with Gasteiger partial charge in [0.15, 0.2) is 0 Å². The molecular weight excluding hydrogens is 264 g/mol. The molecule has 0 radical (unpaired) electrons. The summed E-state index contributed by atoms with van der Waals surface area (Å²) in [6, 6.07) is 15.0. The number of benzene rings is 2. The first-order valence-corrected chi connectivity index (χ1v) is 7.02. The van der Waals surface area contributed by atoms with E-state index < -0.39 is 0 Å². The van der Waals surface area contributed by atoms with E-state index in [9.17, 15) is 4.79 Å². The molecule has 0 saturated heterocycles. The SMILES string of the molecule is Nc1cc(N)cc(C(=O)OCCCCc2ccccc2)c1. The second-order valence-corrected chi connectivity index (χ2v) is 4.97. The number of carbonyl (C=O) groups excluding carboxylic acids is 1. The van der Waals surface area contributed by atoms with Gasteiger partial charge >= 0.3 is 5.97 Å². The van der Waals surface area contributed by atoms with Crippen LogP contribution < -0.4 is 11.5 Å². The predicted molar refractivity (Wildman–Crippen MR) is 84.9 cm³/mol. The van der Waals surface area contributed by atoms with Gasteiger partial charge < -0.3 is 16.2 Å². The van der Waals surface area contributed by atoms with Gasteiger partial charge in [-0.2, -0.15) is 0 Å². The molecule has 110 valence electrons. The molecular formula is C17H20N2O2. The highest BCUT2D eigenvalue weighted by Gasteiger charge is 2.08. The zero-order chi connectivity index (χ0) is 15.1. The Kier molecular flexibility index (Phi) is 5.21. The highest BCUT2D eigenvalue weighted by Crippen LogP contribution is 2.14. The van der Waals surface area contributed by atoms with Crippen molar-refractivity contribution in [1.82, 2.24) is 0 Å². The van der Waals surface area contributed by atoms with Crippen molar-refractivity contribution in [3.05, 3.63) is 59.7 Å². The summed E-state index contributed by atoms with van der Waals surface area (Å²) in [6.45, 7) is 0.403. The molecule has 0 aliphatic heterocycles. The van der Waals surface area contributed by atoms with Crippen LogP contribution in [0.2, 0.25) is 0 Å². The van der Waals surface area contributed by atoms with Gasteiger partial charge in [0.1, 0.15) is 0 Å². The maximum Gasteiger partial charge on any atom is 0.338 e. The summed E-state index contributed by atoms with van der Waals surface area (Å²) in [5.74, 6) is -0.381. The molecule has 0 aliphatic carbocycles. The fourth-order valence-corrected chi connectivity index (χ4v) is 2.12. The van der Waals surface area contributed by atoms with Crippen molar-refractivity contribution >= 4 is 17.3 Å².